The summed E-state index contributed by atoms with van der Waals surface area (Å²) in [6.07, 6.45) is 9.37. The molecule has 6 rings (SSSR count). The molecule has 0 N–H and O–H groups in total. The summed E-state index contributed by atoms with van der Waals surface area (Å²) in [4.78, 5) is 6.47. The molecule has 5 aromatic rings. The summed E-state index contributed by atoms with van der Waals surface area (Å²) in [6, 6.07) is 28.3. The molecule has 0 amide bonds. The average Bonchev–Trinajstić information content (AvgIpc) is 3.68. The Kier molecular flexibility index (Phi) is 9.12. The SMILES string of the molecule is CN(CC=Cc1ccccc1)Cc1ccc(OC[C@@H]2CO[C@@](Cn3ccnc3)(c3ccc(Cl)cc3Cl)O2)c2ccccc12. The van der Waals surface area contributed by atoms with Crippen molar-refractivity contribution in [1.29, 1.82) is 0 Å². The first kappa shape index (κ1) is 29.4. The lowest BCUT2D eigenvalue weighted by molar-refractivity contribution is -0.189. The van der Waals surface area contributed by atoms with Gasteiger partial charge in [-0.2, -0.15) is 0 Å². The third-order valence-electron chi connectivity index (χ3n) is 7.52. The van der Waals surface area contributed by atoms with Gasteiger partial charge in [-0.15, -0.1) is 0 Å². The molecule has 0 radical (unpaired) electrons. The molecular weight excluding hydrogens is 581 g/mol. The van der Waals surface area contributed by atoms with E-state index in [1.165, 1.54) is 16.5 Å². The number of aromatic nitrogens is 2. The molecule has 2 atom stereocenters. The Morgan fingerprint density at radius 2 is 1.84 bits per heavy atom. The lowest BCUT2D eigenvalue weighted by Gasteiger charge is -2.30. The van der Waals surface area contributed by atoms with Crippen LogP contribution in [0.4, 0.5) is 0 Å². The second-order valence-corrected chi connectivity index (χ2v) is 11.6. The van der Waals surface area contributed by atoms with E-state index in [1.807, 2.05) is 29.0 Å². The average molecular weight is 615 g/mol. The molecule has 1 fully saturated rings. The van der Waals surface area contributed by atoms with Crippen LogP contribution in [-0.4, -0.2) is 47.4 Å². The first-order valence-electron chi connectivity index (χ1n) is 14.3. The summed E-state index contributed by atoms with van der Waals surface area (Å²) in [7, 11) is 2.13. The van der Waals surface area contributed by atoms with Gasteiger partial charge in [0.15, 0.2) is 0 Å². The number of rotatable bonds is 11. The molecule has 0 unspecified atom stereocenters. The zero-order valence-electron chi connectivity index (χ0n) is 23.9. The van der Waals surface area contributed by atoms with Gasteiger partial charge in [0, 0.05) is 41.5 Å². The molecule has 1 aliphatic heterocycles. The lowest BCUT2D eigenvalue weighted by Crippen LogP contribution is -2.34. The second-order valence-electron chi connectivity index (χ2n) is 10.8. The summed E-state index contributed by atoms with van der Waals surface area (Å²) >= 11 is 12.8. The smallest absolute Gasteiger partial charge is 0.215 e. The van der Waals surface area contributed by atoms with Crippen LogP contribution in [0.25, 0.3) is 16.8 Å². The van der Waals surface area contributed by atoms with Gasteiger partial charge < -0.3 is 18.8 Å². The van der Waals surface area contributed by atoms with E-state index in [0.717, 1.165) is 24.2 Å². The minimum atomic E-state index is -1.10. The zero-order chi connectivity index (χ0) is 29.6. The van der Waals surface area contributed by atoms with Crippen molar-refractivity contribution in [3.8, 4) is 5.75 Å². The number of hydrogen-bond acceptors (Lipinski definition) is 5. The van der Waals surface area contributed by atoms with Crippen molar-refractivity contribution < 1.29 is 14.2 Å². The van der Waals surface area contributed by atoms with Crippen molar-refractivity contribution in [2.75, 3.05) is 26.8 Å². The fraction of sp³-hybridized carbons (Fsp3) is 0.229. The molecule has 1 aliphatic rings. The predicted octanol–water partition coefficient (Wildman–Crippen LogP) is 7.84. The second kappa shape index (κ2) is 13.3. The quantitative estimate of drug-likeness (QED) is 0.152. The number of hydrogen-bond donors (Lipinski definition) is 0. The number of halogens is 2. The first-order chi connectivity index (χ1) is 21.0. The molecule has 220 valence electrons. The highest BCUT2D eigenvalue weighted by Gasteiger charge is 2.45. The number of likely N-dealkylation sites (N-methyl/N-ethyl adjacent to an activating group) is 1. The van der Waals surface area contributed by atoms with Crippen molar-refractivity contribution in [3.05, 3.63) is 136 Å². The van der Waals surface area contributed by atoms with Gasteiger partial charge in [-0.3, -0.25) is 4.90 Å². The minimum Gasteiger partial charge on any atom is -0.490 e. The Labute approximate surface area is 262 Å². The molecule has 0 spiro atoms. The van der Waals surface area contributed by atoms with Gasteiger partial charge in [0.05, 0.1) is 24.5 Å². The van der Waals surface area contributed by atoms with Crippen LogP contribution in [0, 0.1) is 0 Å². The third-order valence-corrected chi connectivity index (χ3v) is 8.06. The molecule has 2 heterocycles. The van der Waals surface area contributed by atoms with Crippen molar-refractivity contribution >= 4 is 40.1 Å². The maximum Gasteiger partial charge on any atom is 0.215 e. The van der Waals surface area contributed by atoms with Gasteiger partial charge >= 0.3 is 0 Å². The first-order valence-corrected chi connectivity index (χ1v) is 15.0. The molecular formula is C35H33Cl2N3O3. The van der Waals surface area contributed by atoms with Gasteiger partial charge in [-0.05, 0) is 41.8 Å². The molecule has 4 aromatic carbocycles. The van der Waals surface area contributed by atoms with E-state index in [9.17, 15) is 0 Å². The van der Waals surface area contributed by atoms with Crippen LogP contribution < -0.4 is 4.74 Å². The van der Waals surface area contributed by atoms with Gasteiger partial charge in [-0.25, -0.2) is 4.98 Å². The molecule has 0 saturated carbocycles. The van der Waals surface area contributed by atoms with Gasteiger partial charge in [0.2, 0.25) is 5.79 Å². The number of nitrogens with zero attached hydrogens (tertiary/aromatic N) is 3. The summed E-state index contributed by atoms with van der Waals surface area (Å²) in [5, 5.41) is 3.27. The van der Waals surface area contributed by atoms with E-state index in [1.54, 1.807) is 24.7 Å². The monoisotopic (exact) mass is 613 g/mol. The van der Waals surface area contributed by atoms with Crippen LogP contribution in [0.3, 0.4) is 0 Å². The van der Waals surface area contributed by atoms with E-state index in [-0.39, 0.29) is 6.10 Å². The van der Waals surface area contributed by atoms with E-state index in [4.69, 9.17) is 37.4 Å². The van der Waals surface area contributed by atoms with Crippen LogP contribution in [0.5, 0.6) is 5.75 Å². The molecule has 1 aromatic heterocycles. The standard InChI is InChI=1S/C35H33Cl2N3O3/c1-39(18-7-10-26-8-3-2-4-9-26)21-27-13-16-34(31-12-6-5-11-30(27)31)41-22-29-23-42-35(43-29,24-40-19-17-38-25-40)32-15-14-28(36)20-33(32)37/h2-17,19-20,25,29H,18,21-24H2,1H3/t29-,35-/m1/s1. The fourth-order valence-corrected chi connectivity index (χ4v) is 6.00. The number of imidazole rings is 1. The highest BCUT2D eigenvalue weighted by Crippen LogP contribution is 2.41. The Bertz CT molecular complexity index is 1690. The Balaban J connectivity index is 1.15. The Morgan fingerprint density at radius 1 is 1.02 bits per heavy atom. The number of ether oxygens (including phenoxy) is 3. The summed E-state index contributed by atoms with van der Waals surface area (Å²) in [5.41, 5.74) is 3.16. The van der Waals surface area contributed by atoms with Gasteiger partial charge in [0.25, 0.3) is 0 Å². The lowest BCUT2D eigenvalue weighted by atomic mass is 10.0. The zero-order valence-corrected chi connectivity index (χ0v) is 25.4. The fourth-order valence-electron chi connectivity index (χ4n) is 5.44. The van der Waals surface area contributed by atoms with Gasteiger partial charge in [-0.1, -0.05) is 102 Å². The van der Waals surface area contributed by atoms with Crippen molar-refractivity contribution in [2.24, 2.45) is 0 Å². The topological polar surface area (TPSA) is 48.8 Å². The molecule has 0 bridgehead atoms. The molecule has 1 saturated heterocycles. The summed E-state index contributed by atoms with van der Waals surface area (Å²) in [5.74, 6) is -0.284. The highest BCUT2D eigenvalue weighted by molar-refractivity contribution is 6.35. The largest absolute Gasteiger partial charge is 0.490 e. The van der Waals surface area contributed by atoms with E-state index < -0.39 is 5.79 Å². The van der Waals surface area contributed by atoms with Crippen LogP contribution in [0.2, 0.25) is 10.0 Å². The molecule has 6 nitrogen and oxygen atoms in total. The third kappa shape index (κ3) is 6.96. The molecule has 43 heavy (non-hydrogen) atoms. The van der Waals surface area contributed by atoms with Gasteiger partial charge in [0.1, 0.15) is 18.5 Å². The summed E-state index contributed by atoms with van der Waals surface area (Å²) in [6.45, 7) is 2.73. The van der Waals surface area contributed by atoms with E-state index >= 15 is 0 Å². The predicted molar refractivity (Wildman–Crippen MR) is 172 cm³/mol. The van der Waals surface area contributed by atoms with Crippen LogP contribution in [-0.2, 0) is 28.4 Å². The van der Waals surface area contributed by atoms with Crippen molar-refractivity contribution in [3.63, 3.8) is 0 Å². The minimum absolute atomic E-state index is 0.309. The van der Waals surface area contributed by atoms with Crippen LogP contribution in [0.1, 0.15) is 16.7 Å². The normalized spacial score (nSPS) is 18.7. The highest BCUT2D eigenvalue weighted by atomic mass is 35.5. The van der Waals surface area contributed by atoms with Crippen LogP contribution >= 0.6 is 23.2 Å². The molecule has 8 heteroatoms. The molecule has 0 aliphatic carbocycles. The van der Waals surface area contributed by atoms with Crippen LogP contribution in [0.15, 0.2) is 110 Å². The van der Waals surface area contributed by atoms with Crippen molar-refractivity contribution in [1.82, 2.24) is 14.5 Å². The number of benzene rings is 4. The Hall–Kier alpha value is -3.65. The van der Waals surface area contributed by atoms with E-state index in [2.05, 4.69) is 83.7 Å². The van der Waals surface area contributed by atoms with E-state index in [0.29, 0.717) is 35.4 Å². The maximum atomic E-state index is 6.62. The maximum absolute atomic E-state index is 6.62. The van der Waals surface area contributed by atoms with Crippen molar-refractivity contribution in [2.45, 2.75) is 25.0 Å². The Morgan fingerprint density at radius 3 is 2.63 bits per heavy atom. The number of fused-ring (bicyclic) bond motifs is 1. The summed E-state index contributed by atoms with van der Waals surface area (Å²) < 4.78 is 21.2.